The molecule has 7 heteroatoms. The third kappa shape index (κ3) is 2.98. The molecule has 0 unspecified atom stereocenters. The Kier molecular flexibility index (Phi) is 3.78. The van der Waals surface area contributed by atoms with Gasteiger partial charge in [-0.1, -0.05) is 6.07 Å². The van der Waals surface area contributed by atoms with Crippen molar-refractivity contribution in [2.45, 2.75) is 4.90 Å². The lowest BCUT2D eigenvalue weighted by Crippen LogP contribution is -2.06. The predicted molar refractivity (Wildman–Crippen MR) is 56.9 cm³/mol. The van der Waals surface area contributed by atoms with E-state index in [9.17, 15) is 8.42 Å². The molecule has 0 aliphatic carbocycles. The van der Waals surface area contributed by atoms with Crippen LogP contribution < -0.4 is 10.5 Å². The molecule has 5 nitrogen and oxygen atoms in total. The second-order valence-corrected chi connectivity index (χ2v) is 4.45. The lowest BCUT2D eigenvalue weighted by molar-refractivity contribution is 0.343. The van der Waals surface area contributed by atoms with Crippen LogP contribution in [0.3, 0.4) is 0 Å². The molecule has 0 fully saturated rings. The van der Waals surface area contributed by atoms with Crippen LogP contribution in [0.5, 0.6) is 5.75 Å². The van der Waals surface area contributed by atoms with Gasteiger partial charge in [-0.2, -0.15) is 8.42 Å². The van der Waals surface area contributed by atoms with E-state index in [2.05, 4.69) is 0 Å². The minimum absolute atomic E-state index is 0.120. The number of para-hydroxylation sites is 1. The number of benzene rings is 1. The van der Waals surface area contributed by atoms with E-state index in [1.807, 2.05) is 0 Å². The van der Waals surface area contributed by atoms with Crippen LogP contribution in [0.4, 0.5) is 5.69 Å². The summed E-state index contributed by atoms with van der Waals surface area (Å²) in [5.74, 6) is 0.445. The number of hydrogen-bond donors (Lipinski definition) is 2. The fourth-order valence-corrected chi connectivity index (χ4v) is 1.73. The molecule has 0 atom stereocenters. The lowest BCUT2D eigenvalue weighted by Gasteiger charge is -2.09. The average molecular weight is 252 g/mol. The van der Waals surface area contributed by atoms with E-state index in [1.165, 1.54) is 18.2 Å². The van der Waals surface area contributed by atoms with Crippen LogP contribution in [-0.4, -0.2) is 25.5 Å². The van der Waals surface area contributed by atoms with Gasteiger partial charge in [0.2, 0.25) is 0 Å². The Balaban J connectivity index is 3.12. The van der Waals surface area contributed by atoms with E-state index in [0.717, 1.165) is 0 Å². The summed E-state index contributed by atoms with van der Waals surface area (Å²) in [6.45, 7) is 0.209. The molecular weight excluding hydrogens is 242 g/mol. The van der Waals surface area contributed by atoms with Gasteiger partial charge in [0.1, 0.15) is 17.3 Å². The summed E-state index contributed by atoms with van der Waals surface area (Å²) < 4.78 is 35.7. The maximum atomic E-state index is 10.9. The fourth-order valence-electron chi connectivity index (χ4n) is 1.02. The highest BCUT2D eigenvalue weighted by Crippen LogP contribution is 2.28. The second-order valence-electron chi connectivity index (χ2n) is 2.68. The zero-order valence-electron chi connectivity index (χ0n) is 7.68. The molecule has 84 valence electrons. The van der Waals surface area contributed by atoms with Crippen LogP contribution in [-0.2, 0) is 10.1 Å². The number of rotatable bonds is 4. The van der Waals surface area contributed by atoms with E-state index < -0.39 is 10.1 Å². The van der Waals surface area contributed by atoms with Crippen molar-refractivity contribution < 1.29 is 17.7 Å². The predicted octanol–water partition coefficient (Wildman–Crippen LogP) is 1.13. The number of nitrogens with two attached hydrogens (primary N) is 1. The molecule has 15 heavy (non-hydrogen) atoms. The topological polar surface area (TPSA) is 89.6 Å². The number of alkyl halides is 1. The number of halogens is 1. The van der Waals surface area contributed by atoms with Crippen molar-refractivity contribution in [3.05, 3.63) is 18.2 Å². The van der Waals surface area contributed by atoms with Crippen molar-refractivity contribution in [2.24, 2.45) is 0 Å². The van der Waals surface area contributed by atoms with Crippen molar-refractivity contribution in [2.75, 3.05) is 18.2 Å². The molecule has 0 saturated carbocycles. The van der Waals surface area contributed by atoms with Crippen LogP contribution in [0.15, 0.2) is 23.1 Å². The quantitative estimate of drug-likeness (QED) is 0.476. The van der Waals surface area contributed by atoms with Crippen molar-refractivity contribution in [3.63, 3.8) is 0 Å². The number of anilines is 1. The molecule has 0 saturated heterocycles. The molecule has 0 bridgehead atoms. The number of ether oxygens (including phenoxy) is 1. The first-order chi connectivity index (χ1) is 6.96. The molecule has 0 amide bonds. The van der Waals surface area contributed by atoms with Gasteiger partial charge in [0, 0.05) is 0 Å². The first-order valence-electron chi connectivity index (χ1n) is 4.01. The van der Waals surface area contributed by atoms with E-state index >= 15 is 0 Å². The first-order valence-corrected chi connectivity index (χ1v) is 5.99. The molecule has 0 heterocycles. The molecule has 0 spiro atoms. The zero-order valence-corrected chi connectivity index (χ0v) is 9.25. The molecule has 1 aromatic rings. The Morgan fingerprint density at radius 3 is 2.67 bits per heavy atom. The van der Waals surface area contributed by atoms with E-state index in [1.54, 1.807) is 0 Å². The summed E-state index contributed by atoms with van der Waals surface area (Å²) in [4.78, 5) is -0.366. The van der Waals surface area contributed by atoms with E-state index in [-0.39, 0.29) is 28.8 Å². The van der Waals surface area contributed by atoms with Crippen molar-refractivity contribution in [3.8, 4) is 5.75 Å². The summed E-state index contributed by atoms with van der Waals surface area (Å²) in [5.41, 5.74) is 5.38. The number of hydrogen-bond acceptors (Lipinski definition) is 4. The molecule has 3 N–H and O–H groups in total. The monoisotopic (exact) mass is 251 g/mol. The van der Waals surface area contributed by atoms with Crippen molar-refractivity contribution >= 4 is 27.4 Å². The highest BCUT2D eigenvalue weighted by molar-refractivity contribution is 7.86. The van der Waals surface area contributed by atoms with Gasteiger partial charge in [-0.05, 0) is 12.1 Å². The molecule has 1 rings (SSSR count). The van der Waals surface area contributed by atoms with Crippen molar-refractivity contribution in [1.29, 1.82) is 0 Å². The normalized spacial score (nSPS) is 11.3. The maximum Gasteiger partial charge on any atom is 0.296 e. The third-order valence-corrected chi connectivity index (χ3v) is 2.70. The first kappa shape index (κ1) is 12.1. The Bertz CT molecular complexity index is 446. The van der Waals surface area contributed by atoms with Gasteiger partial charge in [-0.25, -0.2) is 0 Å². The van der Waals surface area contributed by atoms with Gasteiger partial charge < -0.3 is 10.5 Å². The fraction of sp³-hybridized carbons (Fsp3) is 0.250. The number of nitrogen functional groups attached to an aromatic ring is 1. The maximum absolute atomic E-state index is 10.9. The molecular formula is C8H10ClNO4S. The Labute approximate surface area is 92.5 Å². The molecule has 1 aromatic carbocycles. The van der Waals surface area contributed by atoms with Crippen LogP contribution in [0.25, 0.3) is 0 Å². The van der Waals surface area contributed by atoms with Crippen LogP contribution >= 0.6 is 11.6 Å². The minimum Gasteiger partial charge on any atom is -0.490 e. The minimum atomic E-state index is -4.32. The summed E-state index contributed by atoms with van der Waals surface area (Å²) in [5, 5.41) is 0. The highest BCUT2D eigenvalue weighted by Gasteiger charge is 2.16. The Hall–Kier alpha value is -0.980. The summed E-state index contributed by atoms with van der Waals surface area (Å²) in [7, 11) is -4.32. The Morgan fingerprint density at radius 2 is 2.13 bits per heavy atom. The van der Waals surface area contributed by atoms with Crippen LogP contribution in [0, 0.1) is 0 Å². The average Bonchev–Trinajstić information content (AvgIpc) is 2.14. The smallest absolute Gasteiger partial charge is 0.296 e. The Morgan fingerprint density at radius 1 is 1.47 bits per heavy atom. The van der Waals surface area contributed by atoms with Crippen LogP contribution in [0.2, 0.25) is 0 Å². The lowest BCUT2D eigenvalue weighted by atomic mass is 10.3. The van der Waals surface area contributed by atoms with Gasteiger partial charge in [-0.3, -0.25) is 4.55 Å². The molecule has 0 aromatic heterocycles. The van der Waals surface area contributed by atoms with Gasteiger partial charge in [-0.15, -0.1) is 11.6 Å². The van der Waals surface area contributed by atoms with Gasteiger partial charge in [0.15, 0.2) is 0 Å². The largest absolute Gasteiger partial charge is 0.490 e. The second kappa shape index (κ2) is 4.69. The zero-order chi connectivity index (χ0) is 11.5. The SMILES string of the molecule is Nc1c(OCCCl)cccc1S(=O)(=O)O. The molecule has 0 radical (unpaired) electrons. The summed E-state index contributed by atoms with van der Waals surface area (Å²) in [6, 6.07) is 4.11. The standard InChI is InChI=1S/C8H10ClNO4S/c9-4-5-14-6-2-1-3-7(8(6)10)15(11,12)13/h1-3H,4-5,10H2,(H,11,12,13). The molecule has 0 aliphatic heterocycles. The van der Waals surface area contributed by atoms with E-state index in [4.69, 9.17) is 26.6 Å². The van der Waals surface area contributed by atoms with Gasteiger partial charge in [0.25, 0.3) is 10.1 Å². The van der Waals surface area contributed by atoms with E-state index in [0.29, 0.717) is 0 Å². The summed E-state index contributed by atoms with van der Waals surface area (Å²) >= 11 is 5.40. The van der Waals surface area contributed by atoms with Gasteiger partial charge in [0.05, 0.1) is 11.6 Å². The third-order valence-electron chi connectivity index (χ3n) is 1.64. The molecule has 0 aliphatic rings. The van der Waals surface area contributed by atoms with Crippen LogP contribution in [0.1, 0.15) is 0 Å². The van der Waals surface area contributed by atoms with Crippen molar-refractivity contribution in [1.82, 2.24) is 0 Å². The van der Waals surface area contributed by atoms with Gasteiger partial charge >= 0.3 is 0 Å². The highest BCUT2D eigenvalue weighted by atomic mass is 35.5. The summed E-state index contributed by atoms with van der Waals surface area (Å²) in [6.07, 6.45) is 0.